The SMILES string of the molecule is O=C(N[C@H]1CCS(=O)(=O)C1)c1ccc(OCc2ccncc2)cc1. The Morgan fingerprint density at radius 2 is 1.88 bits per heavy atom. The minimum absolute atomic E-state index is 0.0197. The fourth-order valence-corrected chi connectivity index (χ4v) is 4.20. The molecule has 1 aromatic heterocycles. The first-order valence-corrected chi connectivity index (χ1v) is 9.47. The number of ether oxygens (including phenoxy) is 1. The number of aromatic nitrogens is 1. The van der Waals surface area contributed by atoms with Gasteiger partial charge in [0.2, 0.25) is 0 Å². The van der Waals surface area contributed by atoms with E-state index in [9.17, 15) is 13.2 Å². The molecular formula is C17H18N2O4S. The Hall–Kier alpha value is -2.41. The number of carbonyl (C=O) groups is 1. The molecule has 0 bridgehead atoms. The summed E-state index contributed by atoms with van der Waals surface area (Å²) < 4.78 is 28.5. The molecule has 0 saturated carbocycles. The van der Waals surface area contributed by atoms with Crippen LogP contribution in [0.5, 0.6) is 5.75 Å². The number of pyridine rings is 1. The van der Waals surface area contributed by atoms with E-state index < -0.39 is 9.84 Å². The van der Waals surface area contributed by atoms with Crippen LogP contribution in [0, 0.1) is 0 Å². The molecule has 1 N–H and O–H groups in total. The molecule has 1 aliphatic heterocycles. The highest BCUT2D eigenvalue weighted by atomic mass is 32.2. The number of sulfone groups is 1. The number of nitrogens with one attached hydrogen (secondary N) is 1. The van der Waals surface area contributed by atoms with E-state index >= 15 is 0 Å². The van der Waals surface area contributed by atoms with Crippen LogP contribution in [0.15, 0.2) is 48.8 Å². The summed E-state index contributed by atoms with van der Waals surface area (Å²) in [6.07, 6.45) is 3.88. The fraction of sp³-hybridized carbons (Fsp3) is 0.294. The number of carbonyl (C=O) groups excluding carboxylic acids is 1. The van der Waals surface area contributed by atoms with E-state index in [1.54, 1.807) is 36.7 Å². The van der Waals surface area contributed by atoms with Crippen molar-refractivity contribution >= 4 is 15.7 Å². The van der Waals surface area contributed by atoms with E-state index in [-0.39, 0.29) is 23.5 Å². The van der Waals surface area contributed by atoms with Crippen LogP contribution in [0.2, 0.25) is 0 Å². The van der Waals surface area contributed by atoms with Crippen molar-refractivity contribution < 1.29 is 17.9 Å². The first-order chi connectivity index (χ1) is 11.5. The maximum Gasteiger partial charge on any atom is 0.251 e. The Labute approximate surface area is 140 Å². The number of nitrogens with zero attached hydrogens (tertiary/aromatic N) is 1. The predicted molar refractivity (Wildman–Crippen MR) is 89.5 cm³/mol. The maximum atomic E-state index is 12.1. The van der Waals surface area contributed by atoms with Gasteiger partial charge in [0.25, 0.3) is 5.91 Å². The number of rotatable bonds is 5. The van der Waals surface area contributed by atoms with Crippen molar-refractivity contribution in [1.29, 1.82) is 0 Å². The lowest BCUT2D eigenvalue weighted by Gasteiger charge is -2.11. The molecule has 7 heteroatoms. The lowest BCUT2D eigenvalue weighted by molar-refractivity contribution is 0.0941. The zero-order valence-corrected chi connectivity index (χ0v) is 13.8. The minimum atomic E-state index is -3.00. The highest BCUT2D eigenvalue weighted by Crippen LogP contribution is 2.16. The predicted octanol–water partition coefficient (Wildman–Crippen LogP) is 1.58. The topological polar surface area (TPSA) is 85.4 Å². The minimum Gasteiger partial charge on any atom is -0.489 e. The second-order valence-electron chi connectivity index (χ2n) is 5.74. The largest absolute Gasteiger partial charge is 0.489 e. The molecule has 2 aromatic rings. The summed E-state index contributed by atoms with van der Waals surface area (Å²) in [5.74, 6) is 0.551. The Morgan fingerprint density at radius 1 is 1.17 bits per heavy atom. The van der Waals surface area contributed by atoms with E-state index in [1.807, 2.05) is 12.1 Å². The van der Waals surface area contributed by atoms with Crippen LogP contribution in [-0.2, 0) is 16.4 Å². The molecule has 1 aromatic carbocycles. The van der Waals surface area contributed by atoms with E-state index in [0.717, 1.165) is 5.56 Å². The number of benzene rings is 1. The summed E-state index contributed by atoms with van der Waals surface area (Å²) in [5.41, 5.74) is 1.49. The molecule has 0 aliphatic carbocycles. The zero-order chi connectivity index (χ0) is 17.0. The third kappa shape index (κ3) is 4.32. The van der Waals surface area contributed by atoms with Crippen LogP contribution in [0.3, 0.4) is 0 Å². The molecule has 1 atom stereocenters. The van der Waals surface area contributed by atoms with Gasteiger partial charge in [-0.3, -0.25) is 9.78 Å². The van der Waals surface area contributed by atoms with Crippen LogP contribution >= 0.6 is 0 Å². The van der Waals surface area contributed by atoms with E-state index in [1.165, 1.54) is 0 Å². The molecule has 0 unspecified atom stereocenters. The van der Waals surface area contributed by atoms with Gasteiger partial charge in [-0.15, -0.1) is 0 Å². The second kappa shape index (κ2) is 7.00. The smallest absolute Gasteiger partial charge is 0.251 e. The highest BCUT2D eigenvalue weighted by molar-refractivity contribution is 7.91. The van der Waals surface area contributed by atoms with Crippen LogP contribution < -0.4 is 10.1 Å². The van der Waals surface area contributed by atoms with Crippen LogP contribution in [0.4, 0.5) is 0 Å². The molecule has 1 aliphatic rings. The summed E-state index contributed by atoms with van der Waals surface area (Å²) in [6, 6.07) is 10.2. The van der Waals surface area contributed by atoms with Gasteiger partial charge in [0.15, 0.2) is 9.84 Å². The molecule has 1 saturated heterocycles. The lowest BCUT2D eigenvalue weighted by atomic mass is 10.2. The quantitative estimate of drug-likeness (QED) is 0.888. The summed E-state index contributed by atoms with van der Waals surface area (Å²) in [5, 5.41) is 2.76. The average molecular weight is 346 g/mol. The van der Waals surface area contributed by atoms with Crippen molar-refractivity contribution in [3.05, 3.63) is 59.9 Å². The van der Waals surface area contributed by atoms with Gasteiger partial charge >= 0.3 is 0 Å². The van der Waals surface area contributed by atoms with Crippen LogP contribution in [0.25, 0.3) is 0 Å². The monoisotopic (exact) mass is 346 g/mol. The van der Waals surface area contributed by atoms with E-state index in [2.05, 4.69) is 10.3 Å². The van der Waals surface area contributed by atoms with Crippen molar-refractivity contribution in [3.8, 4) is 5.75 Å². The Kier molecular flexibility index (Phi) is 4.80. The molecule has 126 valence electrons. The van der Waals surface area contributed by atoms with Crippen molar-refractivity contribution in [2.45, 2.75) is 19.1 Å². The molecule has 1 amide bonds. The molecular weight excluding hydrogens is 328 g/mol. The number of hydrogen-bond acceptors (Lipinski definition) is 5. The lowest BCUT2D eigenvalue weighted by Crippen LogP contribution is -2.35. The molecule has 24 heavy (non-hydrogen) atoms. The van der Waals surface area contributed by atoms with Gasteiger partial charge in [-0.2, -0.15) is 0 Å². The average Bonchev–Trinajstić information content (AvgIpc) is 2.93. The molecule has 1 fully saturated rings. The summed E-state index contributed by atoms with van der Waals surface area (Å²) in [4.78, 5) is 16.1. The second-order valence-corrected chi connectivity index (χ2v) is 7.97. The van der Waals surface area contributed by atoms with Gasteiger partial charge in [-0.1, -0.05) is 0 Å². The van der Waals surface area contributed by atoms with Gasteiger partial charge < -0.3 is 10.1 Å². The third-order valence-corrected chi connectivity index (χ3v) is 5.61. The zero-order valence-electron chi connectivity index (χ0n) is 13.0. The summed E-state index contributed by atoms with van der Waals surface area (Å²) in [7, 11) is -3.00. The van der Waals surface area contributed by atoms with Gasteiger partial charge in [0, 0.05) is 24.0 Å². The number of hydrogen-bond donors (Lipinski definition) is 1. The highest BCUT2D eigenvalue weighted by Gasteiger charge is 2.29. The van der Waals surface area contributed by atoms with Crippen LogP contribution in [-0.4, -0.2) is 36.9 Å². The van der Waals surface area contributed by atoms with E-state index in [0.29, 0.717) is 24.3 Å². The summed E-state index contributed by atoms with van der Waals surface area (Å²) in [6.45, 7) is 0.425. The normalized spacial score (nSPS) is 18.9. The first kappa shape index (κ1) is 16.4. The molecule has 3 rings (SSSR count). The van der Waals surface area contributed by atoms with Gasteiger partial charge in [-0.05, 0) is 48.4 Å². The number of amides is 1. The molecule has 0 spiro atoms. The van der Waals surface area contributed by atoms with Crippen molar-refractivity contribution in [2.24, 2.45) is 0 Å². The van der Waals surface area contributed by atoms with Gasteiger partial charge in [0.1, 0.15) is 12.4 Å². The fourth-order valence-electron chi connectivity index (χ4n) is 2.53. The first-order valence-electron chi connectivity index (χ1n) is 7.65. The van der Waals surface area contributed by atoms with E-state index in [4.69, 9.17) is 4.74 Å². The third-order valence-electron chi connectivity index (χ3n) is 3.84. The Morgan fingerprint density at radius 3 is 2.50 bits per heavy atom. The van der Waals surface area contributed by atoms with Crippen molar-refractivity contribution in [1.82, 2.24) is 10.3 Å². The maximum absolute atomic E-state index is 12.1. The Balaban J connectivity index is 1.55. The van der Waals surface area contributed by atoms with Gasteiger partial charge in [-0.25, -0.2) is 8.42 Å². The molecule has 2 heterocycles. The van der Waals surface area contributed by atoms with Crippen molar-refractivity contribution in [2.75, 3.05) is 11.5 Å². The molecule has 0 radical (unpaired) electrons. The summed E-state index contributed by atoms with van der Waals surface area (Å²) >= 11 is 0. The van der Waals surface area contributed by atoms with Crippen molar-refractivity contribution in [3.63, 3.8) is 0 Å². The standard InChI is InChI=1S/C17H18N2O4S/c20-17(19-15-7-10-24(21,22)12-15)14-1-3-16(4-2-14)23-11-13-5-8-18-9-6-13/h1-6,8-9,15H,7,10-12H2,(H,19,20)/t15-/m0/s1. The van der Waals surface area contributed by atoms with Gasteiger partial charge in [0.05, 0.1) is 11.5 Å². The Bertz CT molecular complexity index is 804. The molecule has 6 nitrogen and oxygen atoms in total. The van der Waals surface area contributed by atoms with Crippen LogP contribution in [0.1, 0.15) is 22.3 Å².